The molecule has 1 aromatic rings. The van der Waals surface area contributed by atoms with E-state index in [2.05, 4.69) is 32.5 Å². The summed E-state index contributed by atoms with van der Waals surface area (Å²) in [6.07, 6.45) is 8.39. The second-order valence-corrected chi connectivity index (χ2v) is 6.09. The number of hydrogen-bond acceptors (Lipinski definition) is 4. The topological polar surface area (TPSA) is 62.2 Å². The summed E-state index contributed by atoms with van der Waals surface area (Å²) in [5.41, 5.74) is 0.205. The highest BCUT2D eigenvalue weighted by molar-refractivity contribution is 9.10. The summed E-state index contributed by atoms with van der Waals surface area (Å²) in [6, 6.07) is 1.57. The Kier molecular flexibility index (Phi) is 7.90. The first-order valence-corrected chi connectivity index (χ1v) is 8.45. The molecular weight excluding hydrogens is 328 g/mol. The largest absolute Gasteiger partial charge is 0.478 e. The summed E-state index contributed by atoms with van der Waals surface area (Å²) in [5.74, 6) is 0.696. The van der Waals surface area contributed by atoms with Crippen molar-refractivity contribution in [3.63, 3.8) is 0 Å². The van der Waals surface area contributed by atoms with Crippen LogP contribution in [0.2, 0.25) is 0 Å². The fourth-order valence-corrected chi connectivity index (χ4v) is 2.50. The van der Waals surface area contributed by atoms with E-state index in [4.69, 9.17) is 5.11 Å². The second kappa shape index (κ2) is 9.20. The van der Waals surface area contributed by atoms with Gasteiger partial charge in [-0.3, -0.25) is 0 Å². The molecule has 4 nitrogen and oxygen atoms in total. The third-order valence-corrected chi connectivity index (χ3v) is 3.78. The minimum absolute atomic E-state index is 0.205. The Bertz CT molecular complexity index is 416. The van der Waals surface area contributed by atoms with Gasteiger partial charge in [0.15, 0.2) is 0 Å². The van der Waals surface area contributed by atoms with Crippen molar-refractivity contribution >= 4 is 39.5 Å². The maximum atomic E-state index is 11.1. The number of thioether (sulfide) groups is 1. The van der Waals surface area contributed by atoms with Crippen molar-refractivity contribution in [2.45, 2.75) is 25.7 Å². The molecule has 6 heteroatoms. The number of unbranched alkanes of at least 4 members (excludes halogenated alkanes) is 3. The molecule has 106 valence electrons. The number of halogens is 1. The highest BCUT2D eigenvalue weighted by Crippen LogP contribution is 2.18. The zero-order valence-corrected chi connectivity index (χ0v) is 13.4. The third kappa shape index (κ3) is 6.29. The Hall–Kier alpha value is -0.750. The van der Waals surface area contributed by atoms with E-state index < -0.39 is 5.97 Å². The van der Waals surface area contributed by atoms with Crippen molar-refractivity contribution in [1.29, 1.82) is 0 Å². The van der Waals surface area contributed by atoms with Crippen LogP contribution in [-0.4, -0.2) is 34.6 Å². The molecule has 0 bridgehead atoms. The lowest BCUT2D eigenvalue weighted by Crippen LogP contribution is -2.09. The number of aromatic nitrogens is 1. The van der Waals surface area contributed by atoms with Gasteiger partial charge in [-0.15, -0.1) is 0 Å². The number of carboxylic acids is 1. The van der Waals surface area contributed by atoms with Crippen LogP contribution in [0.1, 0.15) is 36.0 Å². The molecule has 0 aliphatic rings. The van der Waals surface area contributed by atoms with Crippen LogP contribution in [0, 0.1) is 0 Å². The molecule has 0 unspecified atom stereocenters. The molecule has 0 amide bonds. The number of aromatic carboxylic acids is 1. The maximum Gasteiger partial charge on any atom is 0.339 e. The molecule has 1 heterocycles. The van der Waals surface area contributed by atoms with E-state index in [-0.39, 0.29) is 5.56 Å². The molecule has 0 aliphatic heterocycles. The van der Waals surface area contributed by atoms with Crippen LogP contribution in [-0.2, 0) is 0 Å². The van der Waals surface area contributed by atoms with Crippen LogP contribution in [0.4, 0.5) is 5.82 Å². The van der Waals surface area contributed by atoms with Crippen molar-refractivity contribution in [3.8, 4) is 0 Å². The predicted molar refractivity (Wildman–Crippen MR) is 84.2 cm³/mol. The van der Waals surface area contributed by atoms with Gasteiger partial charge in [-0.05, 0) is 46.8 Å². The number of carbonyl (C=O) groups is 1. The average Bonchev–Trinajstić information content (AvgIpc) is 2.39. The standard InChI is InChI=1S/C13H19BrN2O2S/c1-19-7-5-3-2-4-6-15-12-11(13(17)18)8-10(14)9-16-12/h8-9H,2-7H2,1H3,(H,15,16)(H,17,18). The summed E-state index contributed by atoms with van der Waals surface area (Å²) in [7, 11) is 0. The molecule has 19 heavy (non-hydrogen) atoms. The number of pyridine rings is 1. The van der Waals surface area contributed by atoms with Crippen LogP contribution in [0.5, 0.6) is 0 Å². The summed E-state index contributed by atoms with van der Waals surface area (Å²) in [5, 5.41) is 12.2. The molecule has 0 saturated heterocycles. The van der Waals surface area contributed by atoms with E-state index in [0.717, 1.165) is 19.4 Å². The number of nitrogens with zero attached hydrogens (tertiary/aromatic N) is 1. The average molecular weight is 347 g/mol. The van der Waals surface area contributed by atoms with Crippen molar-refractivity contribution in [2.24, 2.45) is 0 Å². The zero-order chi connectivity index (χ0) is 14.1. The van der Waals surface area contributed by atoms with Crippen LogP contribution in [0.3, 0.4) is 0 Å². The van der Waals surface area contributed by atoms with E-state index in [0.29, 0.717) is 10.3 Å². The highest BCUT2D eigenvalue weighted by atomic mass is 79.9. The monoisotopic (exact) mass is 346 g/mol. The van der Waals surface area contributed by atoms with Gasteiger partial charge in [-0.2, -0.15) is 11.8 Å². The number of anilines is 1. The second-order valence-electron chi connectivity index (χ2n) is 4.19. The first-order valence-electron chi connectivity index (χ1n) is 6.27. The van der Waals surface area contributed by atoms with E-state index in [1.54, 1.807) is 12.3 Å². The molecule has 1 rings (SSSR count). The zero-order valence-electron chi connectivity index (χ0n) is 11.0. The summed E-state index contributed by atoms with van der Waals surface area (Å²) in [4.78, 5) is 15.2. The van der Waals surface area contributed by atoms with Crippen molar-refractivity contribution in [1.82, 2.24) is 4.98 Å². The lowest BCUT2D eigenvalue weighted by Gasteiger charge is -2.08. The van der Waals surface area contributed by atoms with E-state index in [9.17, 15) is 4.79 Å². The van der Waals surface area contributed by atoms with E-state index >= 15 is 0 Å². The number of carboxylic acid groups (broad SMARTS) is 1. The van der Waals surface area contributed by atoms with Gasteiger partial charge >= 0.3 is 5.97 Å². The summed E-state index contributed by atoms with van der Waals surface area (Å²) in [6.45, 7) is 0.758. The maximum absolute atomic E-state index is 11.1. The molecule has 0 atom stereocenters. The van der Waals surface area contributed by atoms with Crippen LogP contribution < -0.4 is 5.32 Å². The minimum Gasteiger partial charge on any atom is -0.478 e. The smallest absolute Gasteiger partial charge is 0.339 e. The molecule has 0 spiro atoms. The van der Waals surface area contributed by atoms with Gasteiger partial charge in [0.25, 0.3) is 0 Å². The Balaban J connectivity index is 2.35. The molecule has 0 aliphatic carbocycles. The highest BCUT2D eigenvalue weighted by Gasteiger charge is 2.11. The Labute approximate surface area is 126 Å². The molecular formula is C13H19BrN2O2S. The number of hydrogen-bond donors (Lipinski definition) is 2. The van der Waals surface area contributed by atoms with Gasteiger partial charge in [-0.1, -0.05) is 12.8 Å². The fourth-order valence-electron chi connectivity index (χ4n) is 1.67. The molecule has 1 aromatic heterocycles. The lowest BCUT2D eigenvalue weighted by molar-refractivity contribution is 0.0697. The normalized spacial score (nSPS) is 10.4. The fraction of sp³-hybridized carbons (Fsp3) is 0.538. The number of rotatable bonds is 9. The van der Waals surface area contributed by atoms with Gasteiger partial charge in [0.2, 0.25) is 0 Å². The minimum atomic E-state index is -0.962. The van der Waals surface area contributed by atoms with Crippen LogP contribution in [0.25, 0.3) is 0 Å². The quantitative estimate of drug-likeness (QED) is 0.664. The molecule has 0 radical (unpaired) electrons. The van der Waals surface area contributed by atoms with Gasteiger partial charge in [0.05, 0.1) is 0 Å². The van der Waals surface area contributed by atoms with E-state index in [1.807, 2.05) is 11.8 Å². The number of nitrogens with one attached hydrogen (secondary N) is 1. The Morgan fingerprint density at radius 3 is 2.84 bits per heavy atom. The molecule has 2 N–H and O–H groups in total. The molecule has 0 saturated carbocycles. The third-order valence-electron chi connectivity index (χ3n) is 2.65. The van der Waals surface area contributed by atoms with Gasteiger partial charge in [-0.25, -0.2) is 9.78 Å². The Morgan fingerprint density at radius 1 is 1.42 bits per heavy atom. The van der Waals surface area contributed by atoms with Crippen molar-refractivity contribution in [2.75, 3.05) is 23.9 Å². The van der Waals surface area contributed by atoms with Gasteiger partial charge in [0, 0.05) is 17.2 Å². The van der Waals surface area contributed by atoms with Gasteiger partial charge in [0.1, 0.15) is 11.4 Å². The van der Waals surface area contributed by atoms with E-state index in [1.165, 1.54) is 18.6 Å². The van der Waals surface area contributed by atoms with Crippen molar-refractivity contribution in [3.05, 3.63) is 22.3 Å². The first-order chi connectivity index (χ1) is 9.15. The Morgan fingerprint density at radius 2 is 2.16 bits per heavy atom. The van der Waals surface area contributed by atoms with Crippen LogP contribution in [0.15, 0.2) is 16.7 Å². The van der Waals surface area contributed by atoms with Crippen molar-refractivity contribution < 1.29 is 9.90 Å². The molecule has 0 aromatic carbocycles. The van der Waals surface area contributed by atoms with Gasteiger partial charge < -0.3 is 10.4 Å². The molecule has 0 fully saturated rings. The SMILES string of the molecule is CSCCCCCCNc1ncc(Br)cc1C(=O)O. The lowest BCUT2D eigenvalue weighted by atomic mass is 10.2. The van der Waals surface area contributed by atoms with Crippen LogP contribution >= 0.6 is 27.7 Å². The first kappa shape index (κ1) is 16.3. The summed E-state index contributed by atoms with van der Waals surface area (Å²) < 4.78 is 0.674. The summed E-state index contributed by atoms with van der Waals surface area (Å²) >= 11 is 5.10. The predicted octanol–water partition coefficient (Wildman–Crippen LogP) is 3.88.